The van der Waals surface area contributed by atoms with Gasteiger partial charge < -0.3 is 5.11 Å². The fourth-order valence-corrected chi connectivity index (χ4v) is 1.27. The van der Waals surface area contributed by atoms with E-state index < -0.39 is 22.1 Å². The number of nitro groups is 1. The summed E-state index contributed by atoms with van der Waals surface area (Å²) in [6, 6.07) is 2.46. The number of nitrogens with one attached hydrogen (secondary N) is 1. The maximum Gasteiger partial charge on any atom is 0.345 e. The quantitative estimate of drug-likeness (QED) is 0.474. The van der Waals surface area contributed by atoms with E-state index >= 15 is 0 Å². The Labute approximate surface area is 103 Å². The first kappa shape index (κ1) is 12.3. The fourth-order valence-electron chi connectivity index (χ4n) is 1.27. The largest absolute Gasteiger partial charge is 0.477 e. The summed E-state index contributed by atoms with van der Waals surface area (Å²) in [5, 5.41) is 28.7. The van der Waals surface area contributed by atoms with Gasteiger partial charge in [0.25, 0.3) is 5.69 Å². The number of aromatic amines is 1. The summed E-state index contributed by atoms with van der Waals surface area (Å²) in [4.78, 5) is 20.7. The van der Waals surface area contributed by atoms with Crippen molar-refractivity contribution >= 4 is 22.7 Å². The number of carboxylic acids is 1. The molecule has 0 aliphatic rings. The number of hydrogen-bond acceptors (Lipinski definition) is 5. The molecule has 16 heavy (non-hydrogen) atoms. The van der Waals surface area contributed by atoms with E-state index in [-0.39, 0.29) is 27.9 Å². The second-order valence-corrected chi connectivity index (χ2v) is 2.73. The monoisotopic (exact) mass is 315 g/mol. The molecule has 1 heterocycles. The number of carboxylic acid groups (broad SMARTS) is 1. The van der Waals surface area contributed by atoms with Crippen LogP contribution in [0, 0.1) is 10.1 Å². The molecule has 1 aromatic carbocycles. The zero-order chi connectivity index (χ0) is 11.0. The second-order valence-electron chi connectivity index (χ2n) is 2.73. The molecule has 9 heteroatoms. The van der Waals surface area contributed by atoms with Crippen LogP contribution in [-0.2, 0) is 22.4 Å². The van der Waals surface area contributed by atoms with Gasteiger partial charge in [-0.05, 0) is 6.07 Å². The number of fused-ring (bicyclic) bond motifs is 1. The standard InChI is InChI=1S/C7H4N4O4.Ag/c12-7(13)5-4(11(14)15)2-1-3-6(5)9-10-8-3;/h1-2H,(H,12,13)(H,8,9,10);. The topological polar surface area (TPSA) is 122 Å². The molecule has 0 atom stereocenters. The summed E-state index contributed by atoms with van der Waals surface area (Å²) < 4.78 is 0. The van der Waals surface area contributed by atoms with Crippen LogP contribution in [0.2, 0.25) is 0 Å². The maximum atomic E-state index is 10.9. The molecular weight excluding hydrogens is 312 g/mol. The number of hydrogen-bond donors (Lipinski definition) is 2. The number of carbonyl (C=O) groups is 1. The molecule has 0 aliphatic carbocycles. The van der Waals surface area contributed by atoms with Crippen molar-refractivity contribution in [2.75, 3.05) is 0 Å². The van der Waals surface area contributed by atoms with E-state index in [9.17, 15) is 14.9 Å². The molecule has 2 rings (SSSR count). The van der Waals surface area contributed by atoms with Crippen molar-refractivity contribution in [2.45, 2.75) is 0 Å². The molecule has 1 radical (unpaired) electrons. The van der Waals surface area contributed by atoms with Crippen LogP contribution in [0.25, 0.3) is 11.0 Å². The fraction of sp³-hybridized carbons (Fsp3) is 0. The zero-order valence-electron chi connectivity index (χ0n) is 7.47. The van der Waals surface area contributed by atoms with Gasteiger partial charge in [0.2, 0.25) is 0 Å². The van der Waals surface area contributed by atoms with Gasteiger partial charge in [-0.25, -0.2) is 4.79 Å². The Bertz CT molecular complexity index is 567. The van der Waals surface area contributed by atoms with Crippen LogP contribution in [0.1, 0.15) is 10.4 Å². The number of aromatic nitrogens is 3. The van der Waals surface area contributed by atoms with Crippen LogP contribution in [0.15, 0.2) is 12.1 Å². The van der Waals surface area contributed by atoms with E-state index in [1.165, 1.54) is 6.07 Å². The summed E-state index contributed by atoms with van der Waals surface area (Å²) in [6.45, 7) is 0. The molecule has 0 saturated carbocycles. The number of nitrogens with zero attached hydrogens (tertiary/aromatic N) is 3. The molecule has 1 aromatic heterocycles. The number of rotatable bonds is 2. The first-order chi connectivity index (χ1) is 7.11. The maximum absolute atomic E-state index is 10.9. The third-order valence-corrected chi connectivity index (χ3v) is 1.89. The number of H-pyrrole nitrogens is 1. The summed E-state index contributed by atoms with van der Waals surface area (Å²) >= 11 is 0. The molecule has 0 saturated heterocycles. The molecule has 0 fully saturated rings. The smallest absolute Gasteiger partial charge is 0.345 e. The molecule has 8 nitrogen and oxygen atoms in total. The van der Waals surface area contributed by atoms with Gasteiger partial charge in [-0.2, -0.15) is 0 Å². The van der Waals surface area contributed by atoms with Crippen LogP contribution >= 0.6 is 0 Å². The van der Waals surface area contributed by atoms with E-state index in [0.717, 1.165) is 6.07 Å². The number of aromatic carboxylic acids is 1. The van der Waals surface area contributed by atoms with Gasteiger partial charge in [0, 0.05) is 28.4 Å². The Kier molecular flexibility index (Phi) is 3.38. The summed E-state index contributed by atoms with van der Waals surface area (Å²) in [6.07, 6.45) is 0. The summed E-state index contributed by atoms with van der Waals surface area (Å²) in [5.41, 5.74) is -0.621. The molecule has 0 amide bonds. The molecular formula is C7H4AgN4O4. The Morgan fingerprint density at radius 1 is 1.50 bits per heavy atom. The minimum absolute atomic E-state index is 0. The van der Waals surface area contributed by atoms with Gasteiger partial charge in [-0.15, -0.1) is 5.10 Å². The van der Waals surface area contributed by atoms with E-state index in [4.69, 9.17) is 5.11 Å². The van der Waals surface area contributed by atoms with Crippen molar-refractivity contribution < 1.29 is 37.2 Å². The SMILES string of the molecule is O=C(O)c1c([N+](=O)[O-])ccc2[nH]nnc12.[Ag]. The normalized spacial score (nSPS) is 9.75. The van der Waals surface area contributed by atoms with E-state index in [1.54, 1.807) is 0 Å². The number of benzene rings is 1. The van der Waals surface area contributed by atoms with E-state index in [2.05, 4.69) is 15.4 Å². The van der Waals surface area contributed by atoms with Gasteiger partial charge in [-0.1, -0.05) is 5.21 Å². The molecule has 2 aromatic rings. The predicted molar refractivity (Wildman–Crippen MR) is 47.5 cm³/mol. The van der Waals surface area contributed by atoms with Crippen LogP contribution in [0.5, 0.6) is 0 Å². The van der Waals surface area contributed by atoms with Crippen molar-refractivity contribution in [3.63, 3.8) is 0 Å². The molecule has 0 unspecified atom stereocenters. The van der Waals surface area contributed by atoms with Gasteiger partial charge in [0.05, 0.1) is 10.4 Å². The van der Waals surface area contributed by atoms with Gasteiger partial charge >= 0.3 is 5.97 Å². The molecule has 0 spiro atoms. The van der Waals surface area contributed by atoms with Crippen molar-refractivity contribution in [1.29, 1.82) is 0 Å². The first-order valence-corrected chi connectivity index (χ1v) is 3.82. The second kappa shape index (κ2) is 4.39. The molecule has 2 N–H and O–H groups in total. The number of nitro benzene ring substituents is 1. The van der Waals surface area contributed by atoms with E-state index in [0.29, 0.717) is 5.52 Å². The third-order valence-electron chi connectivity index (χ3n) is 1.89. The predicted octanol–water partition coefficient (Wildman–Crippen LogP) is 0.562. The van der Waals surface area contributed by atoms with E-state index in [1.807, 2.05) is 0 Å². The Balaban J connectivity index is 0.00000128. The van der Waals surface area contributed by atoms with Crippen molar-refractivity contribution in [1.82, 2.24) is 15.4 Å². The summed E-state index contributed by atoms with van der Waals surface area (Å²) in [5.74, 6) is -1.40. The van der Waals surface area contributed by atoms with Crippen LogP contribution in [0.3, 0.4) is 0 Å². The average Bonchev–Trinajstić information content (AvgIpc) is 2.62. The summed E-state index contributed by atoms with van der Waals surface area (Å²) in [7, 11) is 0. The van der Waals surface area contributed by atoms with Crippen molar-refractivity contribution in [3.05, 3.63) is 27.8 Å². The minimum atomic E-state index is -1.40. The van der Waals surface area contributed by atoms with Crippen LogP contribution in [0.4, 0.5) is 5.69 Å². The van der Waals surface area contributed by atoms with Crippen LogP contribution < -0.4 is 0 Å². The van der Waals surface area contributed by atoms with Gasteiger partial charge in [-0.3, -0.25) is 15.2 Å². The molecule has 0 bridgehead atoms. The minimum Gasteiger partial charge on any atom is -0.477 e. The third kappa shape index (κ3) is 1.81. The molecule has 87 valence electrons. The Morgan fingerprint density at radius 2 is 2.19 bits per heavy atom. The Hall–Kier alpha value is -1.77. The average molecular weight is 316 g/mol. The zero-order valence-corrected chi connectivity index (χ0v) is 8.95. The van der Waals surface area contributed by atoms with Gasteiger partial charge in [0.15, 0.2) is 5.56 Å². The van der Waals surface area contributed by atoms with Crippen LogP contribution in [-0.4, -0.2) is 31.4 Å². The first-order valence-electron chi connectivity index (χ1n) is 3.82. The van der Waals surface area contributed by atoms with Crippen molar-refractivity contribution in [3.8, 4) is 0 Å². The van der Waals surface area contributed by atoms with Gasteiger partial charge in [0.1, 0.15) is 5.52 Å². The molecule has 0 aliphatic heterocycles. The van der Waals surface area contributed by atoms with Crippen molar-refractivity contribution in [2.24, 2.45) is 0 Å². The Morgan fingerprint density at radius 3 is 2.75 bits per heavy atom.